The fourth-order valence-electron chi connectivity index (χ4n) is 3.44. The van der Waals surface area contributed by atoms with Crippen LogP contribution in [-0.4, -0.2) is 22.7 Å². The monoisotopic (exact) mass is 403 g/mol. The van der Waals surface area contributed by atoms with Gasteiger partial charge in [-0.15, -0.1) is 0 Å². The molecule has 27 heavy (non-hydrogen) atoms. The number of carbonyl (C=O) groups excluding carboxylic acids is 1. The van der Waals surface area contributed by atoms with Crippen molar-refractivity contribution in [1.29, 1.82) is 0 Å². The molecule has 1 aromatic heterocycles. The van der Waals surface area contributed by atoms with Gasteiger partial charge in [-0.1, -0.05) is 36.0 Å². The molecule has 0 atom stereocenters. The molecule has 4 rings (SSSR count). The smallest absolute Gasteiger partial charge is 0.256 e. The number of H-pyrrole nitrogens is 1. The Morgan fingerprint density at radius 1 is 1.15 bits per heavy atom. The van der Waals surface area contributed by atoms with Gasteiger partial charge in [-0.05, 0) is 49.1 Å². The number of rotatable bonds is 5. The van der Waals surface area contributed by atoms with Gasteiger partial charge >= 0.3 is 0 Å². The molecule has 1 amide bonds. The van der Waals surface area contributed by atoms with Gasteiger partial charge in [0.05, 0.1) is 12.1 Å². The largest absolute Gasteiger partial charge is 0.493 e. The lowest BCUT2D eigenvalue weighted by Gasteiger charge is -2.11. The van der Waals surface area contributed by atoms with Crippen LogP contribution in [0.4, 0.5) is 5.82 Å². The average Bonchev–Trinajstić information content (AvgIpc) is 3.29. The van der Waals surface area contributed by atoms with Gasteiger partial charge in [0.1, 0.15) is 5.75 Å². The Kier molecular flexibility index (Phi) is 5.23. The molecule has 0 spiro atoms. The van der Waals surface area contributed by atoms with Crippen LogP contribution in [0.1, 0.15) is 36.0 Å². The second kappa shape index (κ2) is 7.79. The molecule has 0 aliphatic heterocycles. The van der Waals surface area contributed by atoms with Crippen LogP contribution in [0.5, 0.6) is 5.75 Å². The lowest BCUT2D eigenvalue weighted by molar-refractivity contribution is 0.102. The van der Waals surface area contributed by atoms with Gasteiger partial charge in [-0.25, -0.2) is 0 Å². The van der Waals surface area contributed by atoms with Crippen LogP contribution in [0, 0.1) is 5.92 Å². The van der Waals surface area contributed by atoms with Crippen LogP contribution in [0.15, 0.2) is 36.4 Å². The molecule has 0 saturated heterocycles. The van der Waals surface area contributed by atoms with Crippen molar-refractivity contribution in [2.45, 2.75) is 25.7 Å². The molecule has 0 bridgehead atoms. The predicted octanol–water partition coefficient (Wildman–Crippen LogP) is 5.69. The van der Waals surface area contributed by atoms with Crippen LogP contribution >= 0.6 is 23.2 Å². The first kappa shape index (κ1) is 18.1. The number of anilines is 1. The number of benzene rings is 2. The van der Waals surface area contributed by atoms with Crippen molar-refractivity contribution in [2.24, 2.45) is 5.92 Å². The first-order valence-electron chi connectivity index (χ1n) is 8.97. The number of aromatic nitrogens is 2. The van der Waals surface area contributed by atoms with E-state index in [-0.39, 0.29) is 5.91 Å². The second-order valence-electron chi connectivity index (χ2n) is 6.85. The van der Waals surface area contributed by atoms with Crippen LogP contribution in [0.25, 0.3) is 10.9 Å². The maximum atomic E-state index is 12.5. The Balaban J connectivity index is 1.48. The van der Waals surface area contributed by atoms with E-state index in [1.54, 1.807) is 18.2 Å². The topological polar surface area (TPSA) is 67.0 Å². The van der Waals surface area contributed by atoms with Crippen molar-refractivity contribution in [3.63, 3.8) is 0 Å². The van der Waals surface area contributed by atoms with Gasteiger partial charge in [-0.2, -0.15) is 5.10 Å². The highest BCUT2D eigenvalue weighted by atomic mass is 35.5. The normalized spacial score (nSPS) is 14.6. The lowest BCUT2D eigenvalue weighted by Crippen LogP contribution is -2.12. The molecule has 2 N–H and O–H groups in total. The zero-order chi connectivity index (χ0) is 18.8. The highest BCUT2D eigenvalue weighted by Crippen LogP contribution is 2.28. The summed E-state index contributed by atoms with van der Waals surface area (Å²) in [5, 5.41) is 11.6. The third kappa shape index (κ3) is 4.20. The molecule has 1 saturated carbocycles. The van der Waals surface area contributed by atoms with Gasteiger partial charge < -0.3 is 10.1 Å². The molecule has 0 unspecified atom stereocenters. The van der Waals surface area contributed by atoms with Crippen LogP contribution in [0.2, 0.25) is 10.0 Å². The average molecular weight is 404 g/mol. The van der Waals surface area contributed by atoms with Gasteiger partial charge in [0.15, 0.2) is 5.82 Å². The Morgan fingerprint density at radius 3 is 2.63 bits per heavy atom. The quantitative estimate of drug-likeness (QED) is 0.574. The summed E-state index contributed by atoms with van der Waals surface area (Å²) in [6.07, 6.45) is 5.09. The number of aromatic amines is 1. The van der Waals surface area contributed by atoms with Crippen molar-refractivity contribution < 1.29 is 9.53 Å². The molecule has 2 aromatic carbocycles. The second-order valence-corrected chi connectivity index (χ2v) is 7.73. The summed E-state index contributed by atoms with van der Waals surface area (Å²) in [5.41, 5.74) is 1.18. The number of nitrogens with zero attached hydrogens (tertiary/aromatic N) is 1. The molecule has 1 fully saturated rings. The molecule has 1 aliphatic rings. The van der Waals surface area contributed by atoms with E-state index in [9.17, 15) is 4.79 Å². The summed E-state index contributed by atoms with van der Waals surface area (Å²) >= 11 is 11.9. The summed E-state index contributed by atoms with van der Waals surface area (Å²) in [6.45, 7) is 0.749. The molecule has 5 nitrogen and oxygen atoms in total. The Bertz CT molecular complexity index is 960. The first-order chi connectivity index (χ1) is 13.1. The van der Waals surface area contributed by atoms with Gasteiger partial charge in [0.2, 0.25) is 0 Å². The number of halogens is 2. The minimum Gasteiger partial charge on any atom is -0.493 e. The van der Waals surface area contributed by atoms with Crippen molar-refractivity contribution in [1.82, 2.24) is 10.2 Å². The molecule has 7 heteroatoms. The van der Waals surface area contributed by atoms with Crippen molar-refractivity contribution in [3.8, 4) is 5.75 Å². The van der Waals surface area contributed by atoms with E-state index in [2.05, 4.69) is 15.5 Å². The van der Waals surface area contributed by atoms with Crippen LogP contribution in [0.3, 0.4) is 0 Å². The third-order valence-electron chi connectivity index (χ3n) is 4.85. The molecule has 1 aliphatic carbocycles. The lowest BCUT2D eigenvalue weighted by atomic mass is 10.1. The van der Waals surface area contributed by atoms with Gasteiger partial charge in [0, 0.05) is 27.1 Å². The summed E-state index contributed by atoms with van der Waals surface area (Å²) < 4.78 is 5.92. The van der Waals surface area contributed by atoms with Gasteiger partial charge in [0.25, 0.3) is 5.91 Å². The summed E-state index contributed by atoms with van der Waals surface area (Å²) in [5.74, 6) is 1.59. The number of nitrogens with one attached hydrogen (secondary N) is 2. The maximum Gasteiger partial charge on any atom is 0.256 e. The molecule has 3 aromatic rings. The van der Waals surface area contributed by atoms with E-state index in [0.717, 1.165) is 23.3 Å². The molecule has 140 valence electrons. The highest BCUT2D eigenvalue weighted by molar-refractivity contribution is 6.35. The number of ether oxygens (including phenoxy) is 1. The number of hydrogen-bond acceptors (Lipinski definition) is 3. The first-order valence-corrected chi connectivity index (χ1v) is 9.72. The standard InChI is InChI=1S/C20H19Cl2N3O2/c21-14-7-13(8-15(22)9-14)20(26)23-19-17-6-5-16(10-18(17)24-25-19)27-11-12-3-1-2-4-12/h5-10,12H,1-4,11H2,(H2,23,24,25,26). The summed E-state index contributed by atoms with van der Waals surface area (Å²) in [6, 6.07) is 10.4. The molecule has 0 radical (unpaired) electrons. The van der Waals surface area contributed by atoms with E-state index in [4.69, 9.17) is 27.9 Å². The summed E-state index contributed by atoms with van der Waals surface area (Å²) in [4.78, 5) is 12.5. The zero-order valence-corrected chi connectivity index (χ0v) is 16.1. The highest BCUT2D eigenvalue weighted by Gasteiger charge is 2.16. The molecular formula is C20H19Cl2N3O2. The van der Waals surface area contributed by atoms with Crippen molar-refractivity contribution in [3.05, 3.63) is 52.0 Å². The van der Waals surface area contributed by atoms with Crippen LogP contribution < -0.4 is 10.1 Å². The number of hydrogen-bond donors (Lipinski definition) is 2. The number of carbonyl (C=O) groups is 1. The van der Waals surface area contributed by atoms with E-state index in [1.165, 1.54) is 25.7 Å². The van der Waals surface area contributed by atoms with E-state index >= 15 is 0 Å². The van der Waals surface area contributed by atoms with Crippen molar-refractivity contribution in [2.75, 3.05) is 11.9 Å². The minimum absolute atomic E-state index is 0.325. The van der Waals surface area contributed by atoms with Crippen LogP contribution in [-0.2, 0) is 0 Å². The Morgan fingerprint density at radius 2 is 1.89 bits per heavy atom. The number of fused-ring (bicyclic) bond motifs is 1. The maximum absolute atomic E-state index is 12.5. The van der Waals surface area contributed by atoms with Gasteiger partial charge in [-0.3, -0.25) is 9.89 Å². The van der Waals surface area contributed by atoms with E-state index < -0.39 is 0 Å². The fourth-order valence-corrected chi connectivity index (χ4v) is 3.97. The molecule has 1 heterocycles. The zero-order valence-electron chi connectivity index (χ0n) is 14.6. The fraction of sp³-hybridized carbons (Fsp3) is 0.300. The molecular weight excluding hydrogens is 385 g/mol. The van der Waals surface area contributed by atoms with E-state index in [1.807, 2.05) is 18.2 Å². The summed E-state index contributed by atoms with van der Waals surface area (Å²) in [7, 11) is 0. The number of amides is 1. The Labute approximate surface area is 167 Å². The predicted molar refractivity (Wildman–Crippen MR) is 108 cm³/mol. The SMILES string of the molecule is O=C(Nc1n[nH]c2cc(OCC3CCCC3)ccc12)c1cc(Cl)cc(Cl)c1. The Hall–Kier alpha value is -2.24. The van der Waals surface area contributed by atoms with Crippen molar-refractivity contribution >= 4 is 45.8 Å². The minimum atomic E-state index is -0.325. The third-order valence-corrected chi connectivity index (χ3v) is 5.29. The van der Waals surface area contributed by atoms with E-state index in [0.29, 0.717) is 27.3 Å².